The molecule has 2 aromatic carbocycles. The predicted molar refractivity (Wildman–Crippen MR) is 137 cm³/mol. The van der Waals surface area contributed by atoms with Crippen molar-refractivity contribution < 1.29 is 14.4 Å². The van der Waals surface area contributed by atoms with Gasteiger partial charge in [0.2, 0.25) is 17.7 Å². The van der Waals surface area contributed by atoms with Crippen molar-refractivity contribution in [3.63, 3.8) is 0 Å². The molecule has 3 N–H and O–H groups in total. The number of likely N-dealkylation sites (N-methyl/N-ethyl adjacent to an activating group) is 1. The molecule has 2 aromatic rings. The Balaban J connectivity index is 1.59. The summed E-state index contributed by atoms with van der Waals surface area (Å²) in [5.74, 6) is -0.138. The van der Waals surface area contributed by atoms with Crippen molar-refractivity contribution in [3.05, 3.63) is 59.7 Å². The molecule has 2 aliphatic rings. The van der Waals surface area contributed by atoms with Crippen LogP contribution < -0.4 is 16.0 Å². The molecule has 0 spiro atoms. The molecule has 2 heterocycles. The van der Waals surface area contributed by atoms with Gasteiger partial charge >= 0.3 is 0 Å². The number of carbonyl (C=O) groups excluding carboxylic acids is 3. The van der Waals surface area contributed by atoms with Gasteiger partial charge in [0.1, 0.15) is 0 Å². The van der Waals surface area contributed by atoms with E-state index in [9.17, 15) is 14.4 Å². The molecule has 0 unspecified atom stereocenters. The molecule has 3 atom stereocenters. The van der Waals surface area contributed by atoms with Crippen LogP contribution in [-0.4, -0.2) is 66.3 Å². The van der Waals surface area contributed by atoms with E-state index in [1.54, 1.807) is 13.0 Å². The minimum atomic E-state index is -0.415. The largest absolute Gasteiger partial charge is 0.348 e. The molecule has 186 valence electrons. The quantitative estimate of drug-likeness (QED) is 0.595. The third kappa shape index (κ3) is 5.55. The smallest absolute Gasteiger partial charge is 0.238 e. The number of fused-ring (bicyclic) bond motifs is 1. The van der Waals surface area contributed by atoms with E-state index >= 15 is 0 Å². The summed E-state index contributed by atoms with van der Waals surface area (Å²) >= 11 is 0. The summed E-state index contributed by atoms with van der Waals surface area (Å²) in [5.41, 5.74) is 2.98. The minimum Gasteiger partial charge on any atom is -0.348 e. The van der Waals surface area contributed by atoms with E-state index < -0.39 is 5.54 Å². The first-order valence-corrected chi connectivity index (χ1v) is 12.1. The van der Waals surface area contributed by atoms with Gasteiger partial charge in [0, 0.05) is 50.3 Å². The van der Waals surface area contributed by atoms with E-state index in [1.807, 2.05) is 37.3 Å². The zero-order chi connectivity index (χ0) is 25.2. The van der Waals surface area contributed by atoms with Crippen LogP contribution in [0.5, 0.6) is 0 Å². The molecule has 2 fully saturated rings. The average molecular weight is 478 g/mol. The third-order valence-electron chi connectivity index (χ3n) is 7.09. The van der Waals surface area contributed by atoms with E-state index in [4.69, 9.17) is 0 Å². The second-order valence-electron chi connectivity index (χ2n) is 9.99. The molecule has 0 aromatic heterocycles. The van der Waals surface area contributed by atoms with E-state index in [2.05, 4.69) is 44.9 Å². The number of carbonyl (C=O) groups is 3. The zero-order valence-electron chi connectivity index (χ0n) is 20.9. The van der Waals surface area contributed by atoms with Gasteiger partial charge in [-0.25, -0.2) is 0 Å². The Morgan fingerprint density at radius 1 is 1.00 bits per heavy atom. The van der Waals surface area contributed by atoms with Crippen molar-refractivity contribution in [2.45, 2.75) is 38.8 Å². The Kier molecular flexibility index (Phi) is 7.23. The van der Waals surface area contributed by atoms with Gasteiger partial charge in [-0.05, 0) is 50.2 Å². The highest BCUT2D eigenvalue weighted by Gasteiger charge is 2.55. The fourth-order valence-corrected chi connectivity index (χ4v) is 5.84. The highest BCUT2D eigenvalue weighted by molar-refractivity contribution is 5.95. The molecule has 8 nitrogen and oxygen atoms in total. The number of benzene rings is 2. The van der Waals surface area contributed by atoms with Crippen LogP contribution in [0.3, 0.4) is 0 Å². The van der Waals surface area contributed by atoms with Gasteiger partial charge in [-0.1, -0.05) is 36.4 Å². The van der Waals surface area contributed by atoms with Crippen LogP contribution in [0.25, 0.3) is 0 Å². The predicted octanol–water partition coefficient (Wildman–Crippen LogP) is 2.78. The van der Waals surface area contributed by atoms with E-state index in [-0.39, 0.29) is 36.2 Å². The first-order valence-electron chi connectivity index (χ1n) is 12.1. The number of hydrogen-bond acceptors (Lipinski definition) is 5. The first kappa shape index (κ1) is 24.9. The highest BCUT2D eigenvalue weighted by atomic mass is 16.2. The van der Waals surface area contributed by atoms with Crippen molar-refractivity contribution in [1.82, 2.24) is 15.1 Å². The number of piperidine rings is 1. The maximum absolute atomic E-state index is 13.2. The van der Waals surface area contributed by atoms with E-state index in [0.717, 1.165) is 30.6 Å². The molecule has 8 heteroatoms. The van der Waals surface area contributed by atoms with E-state index in [1.165, 1.54) is 6.92 Å². The summed E-state index contributed by atoms with van der Waals surface area (Å²) in [6.45, 7) is 7.43. The molecule has 2 saturated heterocycles. The van der Waals surface area contributed by atoms with Gasteiger partial charge in [0.15, 0.2) is 0 Å². The van der Waals surface area contributed by atoms with Gasteiger partial charge in [-0.2, -0.15) is 0 Å². The number of rotatable bonds is 6. The van der Waals surface area contributed by atoms with Crippen molar-refractivity contribution in [3.8, 4) is 0 Å². The number of likely N-dealkylation sites (tertiary alicyclic amines) is 2. The molecule has 0 aliphatic carbocycles. The zero-order valence-corrected chi connectivity index (χ0v) is 20.9. The van der Waals surface area contributed by atoms with Gasteiger partial charge < -0.3 is 20.9 Å². The van der Waals surface area contributed by atoms with Crippen LogP contribution in [0.15, 0.2) is 48.5 Å². The molecule has 0 saturated carbocycles. The third-order valence-corrected chi connectivity index (χ3v) is 7.09. The maximum atomic E-state index is 13.2. The molecular formula is C27H35N5O3. The van der Waals surface area contributed by atoms with E-state index in [0.29, 0.717) is 17.9 Å². The lowest BCUT2D eigenvalue weighted by Crippen LogP contribution is -2.63. The summed E-state index contributed by atoms with van der Waals surface area (Å²) in [6.07, 6.45) is 0.937. The maximum Gasteiger partial charge on any atom is 0.238 e. The molecule has 3 amide bonds. The summed E-state index contributed by atoms with van der Waals surface area (Å²) in [7, 11) is 2.08. The molecule has 2 aliphatic heterocycles. The van der Waals surface area contributed by atoms with Crippen LogP contribution in [0.4, 0.5) is 11.4 Å². The SMILES string of the molecule is CC(=O)Nc1cc(NC(=O)CN2C[C@]3(NC(C)=O)CN(C)CC[C@@H]3[C@H]2c2ccccc2)ccc1C. The Morgan fingerprint density at radius 2 is 1.74 bits per heavy atom. The van der Waals surface area contributed by atoms with Crippen LogP contribution >= 0.6 is 0 Å². The number of nitrogens with zero attached hydrogens (tertiary/aromatic N) is 2. The van der Waals surface area contributed by atoms with Crippen LogP contribution in [0, 0.1) is 12.8 Å². The molecule has 0 radical (unpaired) electrons. The van der Waals surface area contributed by atoms with Crippen LogP contribution in [0.2, 0.25) is 0 Å². The first-order chi connectivity index (χ1) is 16.7. The molecular weight excluding hydrogens is 442 g/mol. The second kappa shape index (κ2) is 10.2. The average Bonchev–Trinajstić information content (AvgIpc) is 3.07. The Hall–Kier alpha value is -3.23. The van der Waals surface area contributed by atoms with Crippen LogP contribution in [0.1, 0.15) is 37.4 Å². The van der Waals surface area contributed by atoms with Crippen molar-refractivity contribution >= 4 is 29.1 Å². The molecule has 35 heavy (non-hydrogen) atoms. The Labute approximate surface area is 207 Å². The van der Waals surface area contributed by atoms with Gasteiger partial charge in [0.05, 0.1) is 12.1 Å². The van der Waals surface area contributed by atoms with Gasteiger partial charge in [-0.15, -0.1) is 0 Å². The Bertz CT molecular complexity index is 1110. The van der Waals surface area contributed by atoms with Crippen molar-refractivity contribution in [1.29, 1.82) is 0 Å². The molecule has 4 rings (SSSR count). The summed E-state index contributed by atoms with van der Waals surface area (Å²) < 4.78 is 0. The van der Waals surface area contributed by atoms with Gasteiger partial charge in [0.25, 0.3) is 0 Å². The number of amides is 3. The van der Waals surface area contributed by atoms with Crippen LogP contribution in [-0.2, 0) is 14.4 Å². The van der Waals surface area contributed by atoms with Gasteiger partial charge in [-0.3, -0.25) is 19.3 Å². The fourth-order valence-electron chi connectivity index (χ4n) is 5.84. The fraction of sp³-hybridized carbons (Fsp3) is 0.444. The monoisotopic (exact) mass is 477 g/mol. The number of aryl methyl sites for hydroxylation is 1. The highest BCUT2D eigenvalue weighted by Crippen LogP contribution is 2.47. The lowest BCUT2D eigenvalue weighted by atomic mass is 9.76. The standard InChI is InChI=1S/C27H35N5O3/c1-18-10-11-22(14-24(18)28-19(2)33)29-25(35)15-32-17-27(30-20(3)34)16-31(4)13-12-23(27)26(32)21-8-6-5-7-9-21/h5-11,14,23,26H,12-13,15-17H2,1-4H3,(H,28,33)(H,29,35)(H,30,34)/t23-,26-,27-/m1/s1. The van der Waals surface area contributed by atoms with Crippen molar-refractivity contribution in [2.24, 2.45) is 5.92 Å². The molecule has 0 bridgehead atoms. The number of anilines is 2. The van der Waals surface area contributed by atoms with Crippen molar-refractivity contribution in [2.75, 3.05) is 43.9 Å². The second-order valence-corrected chi connectivity index (χ2v) is 9.99. The summed E-state index contributed by atoms with van der Waals surface area (Å²) in [5, 5.41) is 9.08. The lowest BCUT2D eigenvalue weighted by molar-refractivity contribution is -0.122. The summed E-state index contributed by atoms with van der Waals surface area (Å²) in [4.78, 5) is 41.4. The number of nitrogens with one attached hydrogen (secondary N) is 3. The minimum absolute atomic E-state index is 0.0236. The Morgan fingerprint density at radius 3 is 2.43 bits per heavy atom. The summed E-state index contributed by atoms with van der Waals surface area (Å²) in [6, 6.07) is 15.8. The number of hydrogen-bond donors (Lipinski definition) is 3. The lowest BCUT2D eigenvalue weighted by Gasteiger charge is -2.44. The normalized spacial score (nSPS) is 24.5. The topological polar surface area (TPSA) is 93.8 Å².